The second-order valence-corrected chi connectivity index (χ2v) is 9.01. The van der Waals surface area contributed by atoms with Crippen LogP contribution in [0.3, 0.4) is 0 Å². The van der Waals surface area contributed by atoms with Crippen molar-refractivity contribution >= 4 is 23.4 Å². The summed E-state index contributed by atoms with van der Waals surface area (Å²) in [4.78, 5) is 15.2. The molecule has 0 unspecified atom stereocenters. The molecule has 168 valence electrons. The van der Waals surface area contributed by atoms with Gasteiger partial charge in [-0.05, 0) is 106 Å². The highest BCUT2D eigenvalue weighted by molar-refractivity contribution is 6.09. The fraction of sp³-hybridized carbons (Fsp3) is 0.407. The molecule has 32 heavy (non-hydrogen) atoms. The molecule has 0 aromatic heterocycles. The predicted octanol–water partition coefficient (Wildman–Crippen LogP) is 6.05. The molecule has 0 aliphatic carbocycles. The molecular formula is C27H33N3O2. The Bertz CT molecular complexity index is 1060. The first-order valence-electron chi connectivity index (χ1n) is 11.3. The number of amides is 1. The van der Waals surface area contributed by atoms with Crippen LogP contribution in [0.1, 0.15) is 63.6 Å². The summed E-state index contributed by atoms with van der Waals surface area (Å²) in [5.74, 6) is 0.724. The van der Waals surface area contributed by atoms with E-state index in [1.165, 1.54) is 11.3 Å². The Morgan fingerprint density at radius 1 is 1.28 bits per heavy atom. The molecule has 1 aliphatic heterocycles. The topological polar surface area (TPSA) is 65.4 Å². The quantitative estimate of drug-likeness (QED) is 0.446. The second-order valence-electron chi connectivity index (χ2n) is 9.01. The van der Waals surface area contributed by atoms with Crippen molar-refractivity contribution in [2.45, 2.75) is 59.4 Å². The van der Waals surface area contributed by atoms with Crippen LogP contribution in [0.5, 0.6) is 5.75 Å². The molecule has 5 heteroatoms. The smallest absolute Gasteiger partial charge is 0.266 e. The maximum atomic E-state index is 12.8. The lowest BCUT2D eigenvalue weighted by atomic mass is 9.79. The summed E-state index contributed by atoms with van der Waals surface area (Å²) in [5, 5.41) is 12.5. The first-order valence-corrected chi connectivity index (χ1v) is 11.3. The van der Waals surface area contributed by atoms with Crippen LogP contribution in [0.15, 0.2) is 42.0 Å². The van der Waals surface area contributed by atoms with Gasteiger partial charge in [0, 0.05) is 23.5 Å². The second kappa shape index (κ2) is 9.48. The van der Waals surface area contributed by atoms with Gasteiger partial charge in [0.25, 0.3) is 5.91 Å². The molecule has 0 radical (unpaired) electrons. The van der Waals surface area contributed by atoms with Crippen LogP contribution in [-0.4, -0.2) is 24.6 Å². The minimum Gasteiger partial charge on any atom is -0.494 e. The van der Waals surface area contributed by atoms with E-state index in [4.69, 9.17) is 4.74 Å². The largest absolute Gasteiger partial charge is 0.494 e. The van der Waals surface area contributed by atoms with Gasteiger partial charge in [-0.2, -0.15) is 5.26 Å². The minimum atomic E-state index is -0.418. The van der Waals surface area contributed by atoms with Gasteiger partial charge < -0.3 is 15.0 Å². The van der Waals surface area contributed by atoms with Gasteiger partial charge in [-0.3, -0.25) is 4.79 Å². The Balaban J connectivity index is 1.90. The molecule has 0 saturated carbocycles. The molecule has 1 aliphatic rings. The third-order valence-electron chi connectivity index (χ3n) is 6.18. The number of hydrogen-bond donors (Lipinski definition) is 1. The minimum absolute atomic E-state index is 0.0816. The molecule has 0 bridgehead atoms. The molecule has 1 heterocycles. The summed E-state index contributed by atoms with van der Waals surface area (Å²) < 4.78 is 5.43. The van der Waals surface area contributed by atoms with Crippen molar-refractivity contribution in [3.8, 4) is 11.8 Å². The van der Waals surface area contributed by atoms with Crippen molar-refractivity contribution in [2.24, 2.45) is 0 Å². The number of anilines is 2. The zero-order valence-corrected chi connectivity index (χ0v) is 20.0. The number of aryl methyl sites for hydroxylation is 1. The summed E-state index contributed by atoms with van der Waals surface area (Å²) in [5.41, 5.74) is 5.28. The van der Waals surface area contributed by atoms with E-state index in [-0.39, 0.29) is 11.1 Å². The third kappa shape index (κ3) is 4.80. The van der Waals surface area contributed by atoms with Crippen molar-refractivity contribution in [1.82, 2.24) is 0 Å². The monoisotopic (exact) mass is 431 g/mol. The number of benzene rings is 2. The van der Waals surface area contributed by atoms with Gasteiger partial charge in [-0.1, -0.05) is 6.92 Å². The number of carbonyl (C=O) groups is 1. The van der Waals surface area contributed by atoms with Gasteiger partial charge >= 0.3 is 0 Å². The first kappa shape index (κ1) is 23.4. The maximum Gasteiger partial charge on any atom is 0.266 e. The predicted molar refractivity (Wildman–Crippen MR) is 131 cm³/mol. The summed E-state index contributed by atoms with van der Waals surface area (Å²) >= 11 is 0. The fourth-order valence-corrected chi connectivity index (χ4v) is 4.71. The maximum absolute atomic E-state index is 12.8. The Morgan fingerprint density at radius 3 is 2.56 bits per heavy atom. The molecule has 5 nitrogen and oxygen atoms in total. The number of fused-ring (bicyclic) bond motifs is 1. The number of ether oxygens (including phenoxy) is 1. The van der Waals surface area contributed by atoms with E-state index >= 15 is 0 Å². The zero-order chi connectivity index (χ0) is 23.5. The van der Waals surface area contributed by atoms with Crippen LogP contribution in [0.2, 0.25) is 0 Å². The highest BCUT2D eigenvalue weighted by Gasteiger charge is 2.35. The molecule has 1 amide bonds. The molecular weight excluding hydrogens is 398 g/mol. The lowest BCUT2D eigenvalue weighted by Gasteiger charge is -2.47. The van der Waals surface area contributed by atoms with Crippen LogP contribution in [-0.2, 0) is 4.79 Å². The van der Waals surface area contributed by atoms with E-state index in [1.54, 1.807) is 30.3 Å². The Hall–Kier alpha value is -3.26. The zero-order valence-electron chi connectivity index (χ0n) is 20.0. The molecule has 0 saturated heterocycles. The molecule has 2 aromatic rings. The fourth-order valence-electron chi connectivity index (χ4n) is 4.71. The highest BCUT2D eigenvalue weighted by Crippen LogP contribution is 2.44. The Morgan fingerprint density at radius 2 is 1.97 bits per heavy atom. The lowest BCUT2D eigenvalue weighted by molar-refractivity contribution is -0.112. The van der Waals surface area contributed by atoms with Gasteiger partial charge in [0.1, 0.15) is 17.4 Å². The third-order valence-corrected chi connectivity index (χ3v) is 6.18. The van der Waals surface area contributed by atoms with Gasteiger partial charge in [0.15, 0.2) is 0 Å². The van der Waals surface area contributed by atoms with E-state index < -0.39 is 5.91 Å². The van der Waals surface area contributed by atoms with E-state index in [0.29, 0.717) is 18.2 Å². The van der Waals surface area contributed by atoms with Crippen LogP contribution < -0.4 is 15.0 Å². The van der Waals surface area contributed by atoms with Gasteiger partial charge in [-0.15, -0.1) is 0 Å². The molecule has 0 fully saturated rings. The number of nitriles is 1. The average molecular weight is 432 g/mol. The number of nitrogens with one attached hydrogen (secondary N) is 1. The summed E-state index contributed by atoms with van der Waals surface area (Å²) in [6, 6.07) is 13.5. The molecule has 3 rings (SSSR count). The number of nitrogens with zero attached hydrogens (tertiary/aromatic N) is 2. The van der Waals surface area contributed by atoms with Crippen molar-refractivity contribution in [2.75, 3.05) is 23.4 Å². The van der Waals surface area contributed by atoms with Crippen LogP contribution in [0, 0.1) is 18.3 Å². The number of carbonyl (C=O) groups excluding carboxylic acids is 1. The molecule has 2 aromatic carbocycles. The summed E-state index contributed by atoms with van der Waals surface area (Å²) in [6.07, 6.45) is 2.76. The highest BCUT2D eigenvalue weighted by atomic mass is 16.5. The molecule has 1 N–H and O–H groups in total. The van der Waals surface area contributed by atoms with Crippen LogP contribution >= 0.6 is 0 Å². The van der Waals surface area contributed by atoms with Gasteiger partial charge in [0.05, 0.1) is 6.61 Å². The summed E-state index contributed by atoms with van der Waals surface area (Å²) in [7, 11) is 0. The van der Waals surface area contributed by atoms with Crippen molar-refractivity contribution in [3.63, 3.8) is 0 Å². The normalized spacial score (nSPS) is 17.3. The van der Waals surface area contributed by atoms with Crippen LogP contribution in [0.25, 0.3) is 6.08 Å². The Labute approximate surface area is 191 Å². The van der Waals surface area contributed by atoms with E-state index in [9.17, 15) is 10.1 Å². The first-order chi connectivity index (χ1) is 15.2. The van der Waals surface area contributed by atoms with Crippen molar-refractivity contribution < 1.29 is 9.53 Å². The van der Waals surface area contributed by atoms with Crippen molar-refractivity contribution in [1.29, 1.82) is 5.26 Å². The number of hydrogen-bond acceptors (Lipinski definition) is 4. The van der Waals surface area contributed by atoms with E-state index in [1.807, 2.05) is 13.8 Å². The molecule has 0 spiro atoms. The SMILES string of the molecule is CCOc1ccc(NC(=O)/C(C#N)=C\c2cc3c(cc2C)N(CC)C(C)(C)C[C@H]3C)cc1. The number of rotatable bonds is 6. The Kier molecular flexibility index (Phi) is 6.93. The summed E-state index contributed by atoms with van der Waals surface area (Å²) in [6.45, 7) is 14.5. The van der Waals surface area contributed by atoms with Crippen LogP contribution in [0.4, 0.5) is 11.4 Å². The average Bonchev–Trinajstić information content (AvgIpc) is 2.73. The van der Waals surface area contributed by atoms with E-state index in [0.717, 1.165) is 29.8 Å². The van der Waals surface area contributed by atoms with Crippen molar-refractivity contribution in [3.05, 3.63) is 58.7 Å². The van der Waals surface area contributed by atoms with Gasteiger partial charge in [0.2, 0.25) is 0 Å². The molecule has 1 atom stereocenters. The van der Waals surface area contributed by atoms with E-state index in [2.05, 4.69) is 56.1 Å². The van der Waals surface area contributed by atoms with Gasteiger partial charge in [-0.25, -0.2) is 0 Å². The standard InChI is InChI=1S/C27H33N3O2/c1-7-30-25-13-18(3)20(15-24(25)19(4)16-27(30,5)6)14-21(17-28)26(31)29-22-9-11-23(12-10-22)32-8-2/h9-15,19H,7-8,16H2,1-6H3,(H,29,31)/b21-14-/t19-/m1/s1. The lowest BCUT2D eigenvalue weighted by Crippen LogP contribution is -2.48.